The van der Waals surface area contributed by atoms with Crippen LogP contribution in [0.15, 0.2) is 84.6 Å². The van der Waals surface area contributed by atoms with E-state index in [9.17, 15) is 14.4 Å². The summed E-state index contributed by atoms with van der Waals surface area (Å²) in [5, 5.41) is 5.32. The van der Waals surface area contributed by atoms with E-state index >= 15 is 0 Å². The lowest BCUT2D eigenvalue weighted by Gasteiger charge is -2.13. The van der Waals surface area contributed by atoms with Crippen molar-refractivity contribution in [2.45, 2.75) is 20.0 Å². The standard InChI is InChI=1S/C27H25N3O4/c1-2-21-10-6-7-11-23(21)28-25(31)17-30-26(32)24(29-27(30)33)16-19-12-14-22(15-13-19)34-18-20-8-4-3-5-9-20/h3-16H,2,17-18H2,1H3,(H,28,31)(H,29,33)/b24-16+. The van der Waals surface area contributed by atoms with Crippen molar-refractivity contribution in [3.05, 3.63) is 101 Å². The van der Waals surface area contributed by atoms with E-state index in [1.165, 1.54) is 0 Å². The Morgan fingerprint density at radius 1 is 0.971 bits per heavy atom. The van der Waals surface area contributed by atoms with Crippen molar-refractivity contribution in [3.8, 4) is 5.75 Å². The molecule has 4 rings (SSSR count). The number of benzene rings is 3. The largest absolute Gasteiger partial charge is 0.489 e. The molecule has 1 aliphatic heterocycles. The minimum Gasteiger partial charge on any atom is -0.489 e. The molecule has 7 nitrogen and oxygen atoms in total. The Balaban J connectivity index is 1.37. The third-order valence-electron chi connectivity index (χ3n) is 5.38. The van der Waals surface area contributed by atoms with Gasteiger partial charge in [0.25, 0.3) is 5.91 Å². The number of hydrogen-bond donors (Lipinski definition) is 2. The van der Waals surface area contributed by atoms with E-state index in [0.29, 0.717) is 18.0 Å². The quantitative estimate of drug-likeness (QED) is 0.390. The van der Waals surface area contributed by atoms with Gasteiger partial charge in [-0.05, 0) is 47.4 Å². The second-order valence-electron chi connectivity index (χ2n) is 7.78. The number of nitrogens with one attached hydrogen (secondary N) is 2. The molecule has 34 heavy (non-hydrogen) atoms. The molecule has 1 saturated heterocycles. The highest BCUT2D eigenvalue weighted by molar-refractivity contribution is 6.16. The highest BCUT2D eigenvalue weighted by atomic mass is 16.5. The number of aryl methyl sites for hydroxylation is 1. The minimum atomic E-state index is -0.627. The first-order valence-electron chi connectivity index (χ1n) is 11.0. The van der Waals surface area contributed by atoms with Crippen LogP contribution in [0.3, 0.4) is 0 Å². The van der Waals surface area contributed by atoms with Gasteiger partial charge in [0, 0.05) is 5.69 Å². The van der Waals surface area contributed by atoms with Gasteiger partial charge in [-0.25, -0.2) is 9.69 Å². The van der Waals surface area contributed by atoms with E-state index in [2.05, 4.69) is 10.6 Å². The van der Waals surface area contributed by atoms with Crippen LogP contribution >= 0.6 is 0 Å². The fraction of sp³-hybridized carbons (Fsp3) is 0.148. The fourth-order valence-corrected chi connectivity index (χ4v) is 3.57. The normalized spacial score (nSPS) is 14.3. The van der Waals surface area contributed by atoms with Crippen LogP contribution in [0.5, 0.6) is 5.75 Å². The molecule has 0 bridgehead atoms. The van der Waals surface area contributed by atoms with E-state index in [1.807, 2.05) is 55.5 Å². The molecule has 172 valence electrons. The molecular weight excluding hydrogens is 430 g/mol. The maximum Gasteiger partial charge on any atom is 0.329 e. The molecule has 0 aliphatic carbocycles. The number of hydrogen-bond acceptors (Lipinski definition) is 4. The zero-order valence-electron chi connectivity index (χ0n) is 18.8. The number of urea groups is 1. The predicted octanol–water partition coefficient (Wildman–Crippen LogP) is 4.36. The van der Waals surface area contributed by atoms with Crippen molar-refractivity contribution in [3.63, 3.8) is 0 Å². The van der Waals surface area contributed by atoms with Crippen LogP contribution in [-0.4, -0.2) is 29.3 Å². The van der Waals surface area contributed by atoms with Crippen LogP contribution in [0.1, 0.15) is 23.6 Å². The van der Waals surface area contributed by atoms with Gasteiger partial charge < -0.3 is 15.4 Å². The number of anilines is 1. The molecule has 3 aromatic rings. The Labute approximate surface area is 198 Å². The van der Waals surface area contributed by atoms with Crippen LogP contribution in [0.4, 0.5) is 10.5 Å². The lowest BCUT2D eigenvalue weighted by molar-refractivity contribution is -0.127. The first-order chi connectivity index (χ1) is 16.5. The molecule has 1 aliphatic rings. The molecular formula is C27H25N3O4. The molecule has 0 spiro atoms. The van der Waals surface area contributed by atoms with Gasteiger partial charge in [0.1, 0.15) is 24.6 Å². The third-order valence-corrected chi connectivity index (χ3v) is 5.38. The van der Waals surface area contributed by atoms with E-state index in [4.69, 9.17) is 4.74 Å². The number of para-hydroxylation sites is 1. The molecule has 0 radical (unpaired) electrons. The van der Waals surface area contributed by atoms with Crippen LogP contribution in [0, 0.1) is 0 Å². The van der Waals surface area contributed by atoms with Crippen LogP contribution in [0.2, 0.25) is 0 Å². The first-order valence-corrected chi connectivity index (χ1v) is 11.0. The average molecular weight is 456 g/mol. The van der Waals surface area contributed by atoms with Crippen molar-refractivity contribution in [2.75, 3.05) is 11.9 Å². The number of carbonyl (C=O) groups excluding carboxylic acids is 3. The number of carbonyl (C=O) groups is 3. The Bertz CT molecular complexity index is 1220. The molecule has 0 atom stereocenters. The van der Waals surface area contributed by atoms with Gasteiger partial charge in [-0.3, -0.25) is 9.59 Å². The summed E-state index contributed by atoms with van der Waals surface area (Å²) in [6, 6.07) is 23.8. The number of ether oxygens (including phenoxy) is 1. The van der Waals surface area contributed by atoms with E-state index < -0.39 is 17.8 Å². The number of imide groups is 1. The summed E-state index contributed by atoms with van der Waals surface area (Å²) in [6.45, 7) is 2.07. The molecule has 0 unspecified atom stereocenters. The van der Waals surface area contributed by atoms with E-state index in [1.54, 1.807) is 36.4 Å². The van der Waals surface area contributed by atoms with Crippen molar-refractivity contribution in [1.29, 1.82) is 0 Å². The molecule has 1 heterocycles. The number of nitrogens with zero attached hydrogens (tertiary/aromatic N) is 1. The van der Waals surface area contributed by atoms with Crippen LogP contribution < -0.4 is 15.4 Å². The van der Waals surface area contributed by atoms with E-state index in [-0.39, 0.29) is 12.2 Å². The van der Waals surface area contributed by atoms with Gasteiger partial charge in [-0.2, -0.15) is 0 Å². The minimum absolute atomic E-state index is 0.115. The summed E-state index contributed by atoms with van der Waals surface area (Å²) in [6.07, 6.45) is 2.33. The van der Waals surface area contributed by atoms with Crippen LogP contribution in [0.25, 0.3) is 6.08 Å². The molecule has 0 aromatic heterocycles. The first kappa shape index (κ1) is 22.8. The molecule has 7 heteroatoms. The summed E-state index contributed by atoms with van der Waals surface area (Å²) in [4.78, 5) is 38.4. The van der Waals surface area contributed by atoms with Crippen molar-refractivity contribution in [1.82, 2.24) is 10.2 Å². The summed E-state index contributed by atoms with van der Waals surface area (Å²) in [5.74, 6) is -0.294. The predicted molar refractivity (Wildman–Crippen MR) is 130 cm³/mol. The maximum atomic E-state index is 12.7. The number of rotatable bonds is 8. The SMILES string of the molecule is CCc1ccccc1NC(=O)CN1C(=O)N/C(=C/c2ccc(OCc3ccccc3)cc2)C1=O. The van der Waals surface area contributed by atoms with Gasteiger partial charge in [0.2, 0.25) is 5.91 Å². The zero-order valence-corrected chi connectivity index (χ0v) is 18.8. The maximum absolute atomic E-state index is 12.7. The van der Waals surface area contributed by atoms with Crippen molar-refractivity contribution in [2.24, 2.45) is 0 Å². The van der Waals surface area contributed by atoms with Gasteiger partial charge >= 0.3 is 6.03 Å². The molecule has 0 saturated carbocycles. The summed E-state index contributed by atoms with van der Waals surface area (Å²) >= 11 is 0. The zero-order chi connectivity index (χ0) is 23.9. The van der Waals surface area contributed by atoms with Crippen molar-refractivity contribution < 1.29 is 19.1 Å². The molecule has 4 amide bonds. The lowest BCUT2D eigenvalue weighted by atomic mass is 10.1. The third kappa shape index (κ3) is 5.50. The highest BCUT2D eigenvalue weighted by Gasteiger charge is 2.34. The Morgan fingerprint density at radius 2 is 1.68 bits per heavy atom. The monoisotopic (exact) mass is 455 g/mol. The van der Waals surface area contributed by atoms with Gasteiger partial charge in [0.05, 0.1) is 0 Å². The number of amides is 4. The lowest BCUT2D eigenvalue weighted by Crippen LogP contribution is -2.38. The van der Waals surface area contributed by atoms with Crippen molar-refractivity contribution >= 4 is 29.6 Å². The van der Waals surface area contributed by atoms with Gasteiger partial charge in [-0.1, -0.05) is 67.6 Å². The Hall–Kier alpha value is -4.39. The Morgan fingerprint density at radius 3 is 2.41 bits per heavy atom. The molecule has 2 N–H and O–H groups in total. The summed E-state index contributed by atoms with van der Waals surface area (Å²) < 4.78 is 5.77. The smallest absolute Gasteiger partial charge is 0.329 e. The second-order valence-corrected chi connectivity index (χ2v) is 7.78. The summed E-state index contributed by atoms with van der Waals surface area (Å²) in [5.41, 5.74) is 3.55. The Kier molecular flexibility index (Phi) is 7.03. The van der Waals surface area contributed by atoms with E-state index in [0.717, 1.165) is 28.0 Å². The topological polar surface area (TPSA) is 87.7 Å². The van der Waals surface area contributed by atoms with Gasteiger partial charge in [0.15, 0.2) is 0 Å². The molecule has 3 aromatic carbocycles. The average Bonchev–Trinajstić information content (AvgIpc) is 3.11. The molecule has 1 fully saturated rings. The highest BCUT2D eigenvalue weighted by Crippen LogP contribution is 2.19. The van der Waals surface area contributed by atoms with Gasteiger partial charge in [-0.15, -0.1) is 0 Å². The second kappa shape index (κ2) is 10.5. The van der Waals surface area contributed by atoms with Crippen LogP contribution in [-0.2, 0) is 22.6 Å². The fourth-order valence-electron chi connectivity index (χ4n) is 3.57. The summed E-state index contributed by atoms with van der Waals surface area (Å²) in [7, 11) is 0.